The molecule has 0 amide bonds. The van der Waals surface area contributed by atoms with Crippen LogP contribution in [0.5, 0.6) is 11.5 Å². The third-order valence-corrected chi connectivity index (χ3v) is 6.13. The van der Waals surface area contributed by atoms with E-state index in [1.54, 1.807) is 24.3 Å². The predicted octanol–water partition coefficient (Wildman–Crippen LogP) is 2.68. The zero-order valence-electron chi connectivity index (χ0n) is 15.7. The molecule has 0 heterocycles. The maximum absolute atomic E-state index is 11.9. The molecule has 0 atom stereocenters. The SMILES string of the molecule is COC(=O)c1cc(C[Se]Cc2ccc(OC)c(C(=O)OC)c2)ccc1OC. The summed E-state index contributed by atoms with van der Waals surface area (Å²) < 4.78 is 20.0. The van der Waals surface area contributed by atoms with Crippen LogP contribution in [0.3, 0.4) is 0 Å². The van der Waals surface area contributed by atoms with Crippen molar-refractivity contribution in [3.63, 3.8) is 0 Å². The van der Waals surface area contributed by atoms with Gasteiger partial charge in [-0.2, -0.15) is 0 Å². The molecule has 0 unspecified atom stereocenters. The molecule has 0 saturated heterocycles. The van der Waals surface area contributed by atoms with E-state index in [4.69, 9.17) is 18.9 Å². The number of esters is 2. The molecule has 0 fully saturated rings. The van der Waals surface area contributed by atoms with Crippen molar-refractivity contribution in [2.75, 3.05) is 28.4 Å². The van der Waals surface area contributed by atoms with Gasteiger partial charge in [-0.05, 0) is 0 Å². The molecular weight excluding hydrogens is 415 g/mol. The van der Waals surface area contributed by atoms with Gasteiger partial charge in [-0.25, -0.2) is 0 Å². The van der Waals surface area contributed by atoms with E-state index in [2.05, 4.69) is 0 Å². The first kappa shape index (κ1) is 20.8. The monoisotopic (exact) mass is 438 g/mol. The number of carbonyl (C=O) groups excluding carboxylic acids is 2. The second-order valence-electron chi connectivity index (χ2n) is 5.55. The Bertz CT molecular complexity index is 751. The van der Waals surface area contributed by atoms with Gasteiger partial charge in [0.1, 0.15) is 0 Å². The van der Waals surface area contributed by atoms with Gasteiger partial charge >= 0.3 is 165 Å². The minimum absolute atomic E-state index is 0.240. The topological polar surface area (TPSA) is 71.1 Å². The normalized spacial score (nSPS) is 10.2. The fourth-order valence-corrected chi connectivity index (χ4v) is 4.47. The van der Waals surface area contributed by atoms with Gasteiger partial charge in [-0.1, -0.05) is 0 Å². The van der Waals surface area contributed by atoms with Crippen LogP contribution < -0.4 is 9.47 Å². The summed E-state index contributed by atoms with van der Waals surface area (Å²) in [7, 11) is 5.74. The number of ether oxygens (including phenoxy) is 4. The molecule has 6 nitrogen and oxygen atoms in total. The van der Waals surface area contributed by atoms with Gasteiger partial charge in [-0.3, -0.25) is 0 Å². The number of methoxy groups -OCH3 is 4. The van der Waals surface area contributed by atoms with E-state index < -0.39 is 11.9 Å². The summed E-state index contributed by atoms with van der Waals surface area (Å²) in [5.41, 5.74) is 2.92. The Kier molecular flexibility index (Phi) is 7.70. The number of rotatable bonds is 8. The van der Waals surface area contributed by atoms with Crippen molar-refractivity contribution in [1.29, 1.82) is 0 Å². The van der Waals surface area contributed by atoms with Crippen molar-refractivity contribution in [2.45, 2.75) is 10.6 Å². The molecule has 2 rings (SSSR count). The maximum atomic E-state index is 11.9. The Morgan fingerprint density at radius 3 is 1.48 bits per heavy atom. The van der Waals surface area contributed by atoms with E-state index in [1.165, 1.54) is 28.4 Å². The molecule has 0 aromatic heterocycles. The second-order valence-corrected chi connectivity index (χ2v) is 7.61. The Balaban J connectivity index is 2.08. The summed E-state index contributed by atoms with van der Waals surface area (Å²) in [6.45, 7) is 0. The van der Waals surface area contributed by atoms with E-state index in [1.807, 2.05) is 12.1 Å². The van der Waals surface area contributed by atoms with E-state index in [-0.39, 0.29) is 15.0 Å². The fourth-order valence-electron chi connectivity index (χ4n) is 2.52. The van der Waals surface area contributed by atoms with Gasteiger partial charge < -0.3 is 0 Å². The van der Waals surface area contributed by atoms with Crippen molar-refractivity contribution in [3.8, 4) is 11.5 Å². The van der Waals surface area contributed by atoms with Gasteiger partial charge in [0, 0.05) is 0 Å². The molecule has 0 spiro atoms. The van der Waals surface area contributed by atoms with Gasteiger partial charge in [-0.15, -0.1) is 0 Å². The number of hydrogen-bond donors (Lipinski definition) is 0. The van der Waals surface area contributed by atoms with Gasteiger partial charge in [0.15, 0.2) is 0 Å². The van der Waals surface area contributed by atoms with Crippen LogP contribution in [0.4, 0.5) is 0 Å². The molecule has 7 heteroatoms. The fraction of sp³-hybridized carbons (Fsp3) is 0.300. The molecule has 2 aromatic rings. The Morgan fingerprint density at radius 1 is 0.741 bits per heavy atom. The van der Waals surface area contributed by atoms with Crippen LogP contribution in [-0.2, 0) is 20.1 Å². The molecule has 0 aliphatic carbocycles. The zero-order valence-corrected chi connectivity index (χ0v) is 17.4. The van der Waals surface area contributed by atoms with Crippen LogP contribution >= 0.6 is 0 Å². The van der Waals surface area contributed by atoms with Gasteiger partial charge in [0.2, 0.25) is 0 Å². The number of carbonyl (C=O) groups is 2. The van der Waals surface area contributed by atoms with Crippen molar-refractivity contribution in [1.82, 2.24) is 0 Å². The average Bonchev–Trinajstić information content (AvgIpc) is 2.72. The summed E-state index contributed by atoms with van der Waals surface area (Å²) in [5, 5.41) is 1.67. The molecule has 0 N–H and O–H groups in total. The van der Waals surface area contributed by atoms with Crippen LogP contribution in [-0.4, -0.2) is 55.3 Å². The molecular formula is C20H22O6Se. The van der Waals surface area contributed by atoms with Crippen molar-refractivity contribution in [2.24, 2.45) is 0 Å². The molecule has 27 heavy (non-hydrogen) atoms. The quantitative estimate of drug-likeness (QED) is 0.467. The number of benzene rings is 2. The molecule has 144 valence electrons. The van der Waals surface area contributed by atoms with Crippen LogP contribution in [0, 0.1) is 0 Å². The first-order valence-electron chi connectivity index (χ1n) is 8.12. The molecule has 0 bridgehead atoms. The third kappa shape index (κ3) is 5.25. The van der Waals surface area contributed by atoms with Crippen LogP contribution in [0.15, 0.2) is 36.4 Å². The van der Waals surface area contributed by atoms with Crippen molar-refractivity contribution >= 4 is 26.9 Å². The summed E-state index contributed by atoms with van der Waals surface area (Å²) in [6.07, 6.45) is 0. The van der Waals surface area contributed by atoms with Gasteiger partial charge in [0.05, 0.1) is 0 Å². The van der Waals surface area contributed by atoms with E-state index >= 15 is 0 Å². The van der Waals surface area contributed by atoms with Crippen molar-refractivity contribution < 1.29 is 28.5 Å². The van der Waals surface area contributed by atoms with E-state index in [0.29, 0.717) is 22.6 Å². The minimum atomic E-state index is -0.418. The van der Waals surface area contributed by atoms with Crippen molar-refractivity contribution in [3.05, 3.63) is 58.7 Å². The number of hydrogen-bond acceptors (Lipinski definition) is 6. The second kappa shape index (κ2) is 9.99. The van der Waals surface area contributed by atoms with E-state index in [9.17, 15) is 9.59 Å². The summed E-state index contributed by atoms with van der Waals surface area (Å²) in [6, 6.07) is 11.1. The summed E-state index contributed by atoms with van der Waals surface area (Å²) >= 11 is 0.240. The summed E-state index contributed by atoms with van der Waals surface area (Å²) in [5.74, 6) is 0.157. The first-order valence-corrected chi connectivity index (χ1v) is 10.5. The third-order valence-electron chi connectivity index (χ3n) is 3.88. The predicted molar refractivity (Wildman–Crippen MR) is 102 cm³/mol. The Labute approximate surface area is 164 Å². The zero-order chi connectivity index (χ0) is 19.8. The van der Waals surface area contributed by atoms with Crippen LogP contribution in [0.25, 0.3) is 0 Å². The Morgan fingerprint density at radius 2 is 1.15 bits per heavy atom. The average molecular weight is 437 g/mol. The molecule has 2 aromatic carbocycles. The van der Waals surface area contributed by atoms with E-state index in [0.717, 1.165) is 21.8 Å². The summed E-state index contributed by atoms with van der Waals surface area (Å²) in [4.78, 5) is 23.8. The molecule has 0 saturated carbocycles. The van der Waals surface area contributed by atoms with Gasteiger partial charge in [0.25, 0.3) is 0 Å². The van der Waals surface area contributed by atoms with Crippen LogP contribution in [0.1, 0.15) is 31.8 Å². The molecule has 0 aliphatic heterocycles. The molecule has 0 aliphatic rings. The Hall–Kier alpha value is -2.50. The first-order chi connectivity index (χ1) is 13.0. The van der Waals surface area contributed by atoms with Crippen LogP contribution in [0.2, 0.25) is 0 Å². The standard InChI is InChI=1S/C20H22O6Se/c1-23-17-7-5-13(9-15(17)19(21)25-3)11-27-12-14-6-8-18(24-2)16(10-14)20(22)26-4/h5-10H,11-12H2,1-4H3. The molecule has 0 radical (unpaired) electrons.